The normalized spacial score (nSPS) is 18.4. The highest BCUT2D eigenvalue weighted by molar-refractivity contribution is 5.27. The molecule has 1 aliphatic rings. The van der Waals surface area contributed by atoms with Gasteiger partial charge in [0.15, 0.2) is 11.6 Å². The average Bonchev–Trinajstić information content (AvgIpc) is 2.69. The number of piperazine rings is 1. The molecule has 0 aliphatic carbocycles. The molecule has 0 aromatic heterocycles. The average molecular weight is 390 g/mol. The van der Waals surface area contributed by atoms with Crippen LogP contribution in [0.4, 0.5) is 8.78 Å². The molecule has 28 heavy (non-hydrogen) atoms. The fraction of sp³-hybridized carbons (Fsp3) is 0.455. The highest BCUT2D eigenvalue weighted by atomic mass is 19.2. The fourth-order valence-corrected chi connectivity index (χ4v) is 3.72. The Hall–Kier alpha value is -2.02. The van der Waals surface area contributed by atoms with Crippen LogP contribution in [0.25, 0.3) is 0 Å². The Morgan fingerprint density at radius 3 is 2.43 bits per heavy atom. The summed E-state index contributed by atoms with van der Waals surface area (Å²) in [6.07, 6.45) is 0.686. The standard InChI is InChI=1S/C22H28F2N2O2/c1-2-28-20-6-3-17(4-7-20)15-26-11-10-25(16-19(26)9-12-27)14-18-5-8-21(23)22(24)13-18/h3-8,13,19,27H,2,9-12,14-16H2,1H3/t19-/m1/s1. The maximum absolute atomic E-state index is 13.5. The van der Waals surface area contributed by atoms with E-state index in [1.807, 2.05) is 19.1 Å². The topological polar surface area (TPSA) is 35.9 Å². The van der Waals surface area contributed by atoms with E-state index in [4.69, 9.17) is 4.74 Å². The third-order valence-electron chi connectivity index (χ3n) is 5.16. The smallest absolute Gasteiger partial charge is 0.159 e. The molecule has 0 radical (unpaired) electrons. The summed E-state index contributed by atoms with van der Waals surface area (Å²) in [4.78, 5) is 4.62. The molecule has 4 nitrogen and oxygen atoms in total. The highest BCUT2D eigenvalue weighted by Gasteiger charge is 2.26. The van der Waals surface area contributed by atoms with Gasteiger partial charge < -0.3 is 9.84 Å². The van der Waals surface area contributed by atoms with Crippen LogP contribution in [0.1, 0.15) is 24.5 Å². The Morgan fingerprint density at radius 1 is 1.00 bits per heavy atom. The van der Waals surface area contributed by atoms with Gasteiger partial charge in [-0.15, -0.1) is 0 Å². The second-order valence-electron chi connectivity index (χ2n) is 7.20. The van der Waals surface area contributed by atoms with Crippen molar-refractivity contribution in [1.29, 1.82) is 0 Å². The van der Waals surface area contributed by atoms with Gasteiger partial charge >= 0.3 is 0 Å². The molecule has 1 fully saturated rings. The zero-order valence-electron chi connectivity index (χ0n) is 16.3. The van der Waals surface area contributed by atoms with Gasteiger partial charge in [-0.1, -0.05) is 18.2 Å². The maximum atomic E-state index is 13.5. The van der Waals surface area contributed by atoms with E-state index >= 15 is 0 Å². The van der Waals surface area contributed by atoms with Crippen molar-refractivity contribution in [1.82, 2.24) is 9.80 Å². The van der Waals surface area contributed by atoms with E-state index in [9.17, 15) is 13.9 Å². The van der Waals surface area contributed by atoms with Crippen LogP contribution < -0.4 is 4.74 Å². The number of aliphatic hydroxyl groups is 1. The van der Waals surface area contributed by atoms with E-state index in [-0.39, 0.29) is 12.6 Å². The van der Waals surface area contributed by atoms with Crippen LogP contribution in [0.15, 0.2) is 42.5 Å². The van der Waals surface area contributed by atoms with Crippen LogP contribution in [0, 0.1) is 11.6 Å². The lowest BCUT2D eigenvalue weighted by Gasteiger charge is -2.41. The van der Waals surface area contributed by atoms with Crippen molar-refractivity contribution in [3.63, 3.8) is 0 Å². The fourth-order valence-electron chi connectivity index (χ4n) is 3.72. The molecule has 3 rings (SSSR count). The van der Waals surface area contributed by atoms with Crippen LogP contribution in [0.5, 0.6) is 5.75 Å². The molecule has 1 heterocycles. The summed E-state index contributed by atoms with van der Waals surface area (Å²) in [7, 11) is 0. The molecule has 0 saturated carbocycles. The van der Waals surface area contributed by atoms with E-state index < -0.39 is 11.6 Å². The maximum Gasteiger partial charge on any atom is 0.159 e. The lowest BCUT2D eigenvalue weighted by Crippen LogP contribution is -2.52. The predicted molar refractivity (Wildman–Crippen MR) is 105 cm³/mol. The van der Waals surface area contributed by atoms with Crippen molar-refractivity contribution in [2.24, 2.45) is 0 Å². The molecule has 1 atom stereocenters. The van der Waals surface area contributed by atoms with Crippen molar-refractivity contribution in [3.05, 3.63) is 65.2 Å². The number of nitrogens with zero attached hydrogens (tertiary/aromatic N) is 2. The predicted octanol–water partition coefficient (Wildman–Crippen LogP) is 3.43. The number of rotatable bonds is 8. The van der Waals surface area contributed by atoms with Crippen LogP contribution in [-0.2, 0) is 13.1 Å². The highest BCUT2D eigenvalue weighted by Crippen LogP contribution is 2.20. The van der Waals surface area contributed by atoms with Gasteiger partial charge in [-0.2, -0.15) is 0 Å². The SMILES string of the molecule is CCOc1ccc(CN2CCN(Cc3ccc(F)c(F)c3)C[C@H]2CCO)cc1. The van der Waals surface area contributed by atoms with E-state index in [0.717, 1.165) is 37.5 Å². The summed E-state index contributed by atoms with van der Waals surface area (Å²) in [6.45, 7) is 6.64. The Labute approximate surface area is 165 Å². The summed E-state index contributed by atoms with van der Waals surface area (Å²) in [5.74, 6) is -0.755. The third-order valence-corrected chi connectivity index (χ3v) is 5.16. The van der Waals surface area contributed by atoms with Gasteiger partial charge in [-0.05, 0) is 48.7 Å². The minimum atomic E-state index is -0.818. The molecule has 0 spiro atoms. The van der Waals surface area contributed by atoms with Gasteiger partial charge in [0.2, 0.25) is 0 Å². The second-order valence-corrected chi connectivity index (χ2v) is 7.20. The van der Waals surface area contributed by atoms with E-state index in [1.165, 1.54) is 17.7 Å². The molecule has 1 aliphatic heterocycles. The van der Waals surface area contributed by atoms with Gasteiger partial charge in [0, 0.05) is 45.4 Å². The first kappa shape index (κ1) is 20.7. The minimum Gasteiger partial charge on any atom is -0.494 e. The monoisotopic (exact) mass is 390 g/mol. The Bertz CT molecular complexity index is 755. The molecular weight excluding hydrogens is 362 g/mol. The first-order valence-electron chi connectivity index (χ1n) is 9.82. The van der Waals surface area contributed by atoms with Gasteiger partial charge in [0.1, 0.15) is 5.75 Å². The number of ether oxygens (including phenoxy) is 1. The number of hydrogen-bond donors (Lipinski definition) is 1. The first-order chi connectivity index (χ1) is 13.6. The van der Waals surface area contributed by atoms with E-state index in [1.54, 1.807) is 6.07 Å². The van der Waals surface area contributed by atoms with Gasteiger partial charge in [0.05, 0.1) is 6.61 Å². The quantitative estimate of drug-likeness (QED) is 0.749. The molecule has 0 amide bonds. The molecule has 2 aromatic rings. The van der Waals surface area contributed by atoms with E-state index in [0.29, 0.717) is 19.6 Å². The molecule has 2 aromatic carbocycles. The number of aliphatic hydroxyl groups excluding tert-OH is 1. The molecule has 6 heteroatoms. The van der Waals surface area contributed by atoms with Crippen molar-refractivity contribution in [2.45, 2.75) is 32.5 Å². The molecule has 1 saturated heterocycles. The number of hydrogen-bond acceptors (Lipinski definition) is 4. The summed E-state index contributed by atoms with van der Waals surface area (Å²) in [6, 6.07) is 12.4. The molecule has 1 N–H and O–H groups in total. The van der Waals surface area contributed by atoms with Crippen LogP contribution >= 0.6 is 0 Å². The van der Waals surface area contributed by atoms with Crippen LogP contribution in [-0.4, -0.2) is 53.8 Å². The molecular formula is C22H28F2N2O2. The van der Waals surface area contributed by atoms with Gasteiger partial charge in [-0.3, -0.25) is 9.80 Å². The summed E-state index contributed by atoms with van der Waals surface area (Å²) < 4.78 is 32.1. The van der Waals surface area contributed by atoms with Gasteiger partial charge in [-0.25, -0.2) is 8.78 Å². The Morgan fingerprint density at radius 2 is 1.75 bits per heavy atom. The molecule has 152 valence electrons. The Kier molecular flexibility index (Phi) is 7.36. The zero-order valence-corrected chi connectivity index (χ0v) is 16.3. The number of benzene rings is 2. The zero-order chi connectivity index (χ0) is 19.9. The summed E-state index contributed by atoms with van der Waals surface area (Å²) >= 11 is 0. The van der Waals surface area contributed by atoms with Crippen molar-refractivity contribution < 1.29 is 18.6 Å². The van der Waals surface area contributed by atoms with E-state index in [2.05, 4.69) is 21.9 Å². The molecule has 0 unspecified atom stereocenters. The van der Waals surface area contributed by atoms with Crippen LogP contribution in [0.2, 0.25) is 0 Å². The van der Waals surface area contributed by atoms with Crippen LogP contribution in [0.3, 0.4) is 0 Å². The number of halogens is 2. The minimum absolute atomic E-state index is 0.128. The van der Waals surface area contributed by atoms with Crippen molar-refractivity contribution >= 4 is 0 Å². The van der Waals surface area contributed by atoms with Gasteiger partial charge in [0.25, 0.3) is 0 Å². The molecule has 0 bridgehead atoms. The lowest BCUT2D eigenvalue weighted by molar-refractivity contribution is 0.0499. The lowest BCUT2D eigenvalue weighted by atomic mass is 10.1. The van der Waals surface area contributed by atoms with Crippen molar-refractivity contribution in [2.75, 3.05) is 32.8 Å². The third kappa shape index (κ3) is 5.50. The van der Waals surface area contributed by atoms with Crippen molar-refractivity contribution in [3.8, 4) is 5.75 Å². The largest absolute Gasteiger partial charge is 0.494 e. The summed E-state index contributed by atoms with van der Waals surface area (Å²) in [5.41, 5.74) is 1.97. The second kappa shape index (κ2) is 9.96. The first-order valence-corrected chi connectivity index (χ1v) is 9.82. The summed E-state index contributed by atoms with van der Waals surface area (Å²) in [5, 5.41) is 9.49. The Balaban J connectivity index is 1.60.